The molecule has 1 saturated carbocycles. The third-order valence-corrected chi connectivity index (χ3v) is 3.56. The maximum absolute atomic E-state index is 4.03. The van der Waals surface area contributed by atoms with Gasteiger partial charge >= 0.3 is 0 Å². The molecule has 0 aliphatic heterocycles. The van der Waals surface area contributed by atoms with Crippen molar-refractivity contribution in [1.82, 2.24) is 20.1 Å². The molecule has 1 N–H and O–H groups in total. The fraction of sp³-hybridized carbons (Fsp3) is 0.875. The fourth-order valence-corrected chi connectivity index (χ4v) is 2.54. The van der Waals surface area contributed by atoms with Crippen molar-refractivity contribution in [2.75, 3.05) is 7.05 Å². The van der Waals surface area contributed by atoms with Gasteiger partial charge in [0.15, 0.2) is 0 Å². The van der Waals surface area contributed by atoms with E-state index in [4.69, 9.17) is 0 Å². The van der Waals surface area contributed by atoms with Gasteiger partial charge in [0.1, 0.15) is 5.01 Å². The quantitative estimate of drug-likeness (QED) is 0.775. The van der Waals surface area contributed by atoms with Gasteiger partial charge in [-0.25, -0.2) is 0 Å². The first-order valence-electron chi connectivity index (χ1n) is 4.72. The molecule has 0 bridgehead atoms. The maximum Gasteiger partial charge on any atom is 0.141 e. The molecule has 1 aromatic heterocycles. The molecule has 0 saturated heterocycles. The van der Waals surface area contributed by atoms with Crippen molar-refractivity contribution in [2.24, 2.45) is 0 Å². The molecule has 0 atom stereocenters. The van der Waals surface area contributed by atoms with Gasteiger partial charge in [-0.3, -0.25) is 0 Å². The summed E-state index contributed by atoms with van der Waals surface area (Å²) in [5.74, 6) is 0.615. The summed E-state index contributed by atoms with van der Waals surface area (Å²) in [6, 6.07) is 0.706. The highest BCUT2D eigenvalue weighted by molar-refractivity contribution is 7.05. The second kappa shape index (κ2) is 4.11. The molecule has 0 amide bonds. The summed E-state index contributed by atoms with van der Waals surface area (Å²) in [7, 11) is 2.04. The minimum atomic E-state index is 0.615. The van der Waals surface area contributed by atoms with E-state index in [1.165, 1.54) is 37.2 Å². The third kappa shape index (κ3) is 2.03. The molecule has 1 aromatic rings. The van der Waals surface area contributed by atoms with Crippen LogP contribution in [-0.4, -0.2) is 27.9 Å². The summed E-state index contributed by atoms with van der Waals surface area (Å²) in [6.07, 6.45) is 4.95. The van der Waals surface area contributed by atoms with E-state index in [2.05, 4.69) is 20.1 Å². The summed E-state index contributed by atoms with van der Waals surface area (Å²) < 4.78 is 3.80. The highest BCUT2D eigenvalue weighted by Gasteiger charge is 2.23. The molecule has 0 spiro atoms. The van der Waals surface area contributed by atoms with Crippen molar-refractivity contribution in [2.45, 2.75) is 37.6 Å². The highest BCUT2D eigenvalue weighted by Crippen LogP contribution is 2.32. The van der Waals surface area contributed by atoms with Crippen LogP contribution >= 0.6 is 11.5 Å². The second-order valence-corrected chi connectivity index (χ2v) is 4.30. The Morgan fingerprint density at radius 1 is 1.31 bits per heavy atom. The zero-order valence-electron chi connectivity index (χ0n) is 7.73. The van der Waals surface area contributed by atoms with Crippen molar-refractivity contribution in [3.8, 4) is 0 Å². The molecule has 0 aromatic carbocycles. The second-order valence-electron chi connectivity index (χ2n) is 3.54. The Balaban J connectivity index is 1.92. The Kier molecular flexibility index (Phi) is 2.85. The zero-order chi connectivity index (χ0) is 9.10. The van der Waals surface area contributed by atoms with Gasteiger partial charge in [0.05, 0.1) is 0 Å². The lowest BCUT2D eigenvalue weighted by molar-refractivity contribution is 0.357. The number of nitrogens with zero attached hydrogens (tertiary/aromatic N) is 3. The predicted molar refractivity (Wildman–Crippen MR) is 51.8 cm³/mol. The van der Waals surface area contributed by atoms with Crippen molar-refractivity contribution in [3.05, 3.63) is 5.01 Å². The number of nitrogens with one attached hydrogen (secondary N) is 1. The normalized spacial score (nSPS) is 29.0. The van der Waals surface area contributed by atoms with Crippen LogP contribution in [-0.2, 0) is 0 Å². The average Bonchev–Trinajstić information content (AvgIpc) is 2.71. The molecule has 2 rings (SSSR count). The van der Waals surface area contributed by atoms with Crippen molar-refractivity contribution < 1.29 is 0 Å². The fourth-order valence-electron chi connectivity index (χ4n) is 1.93. The lowest BCUT2D eigenvalue weighted by Gasteiger charge is -2.26. The van der Waals surface area contributed by atoms with Crippen molar-refractivity contribution in [1.29, 1.82) is 0 Å². The number of hydrogen-bond donors (Lipinski definition) is 1. The minimum absolute atomic E-state index is 0.615. The van der Waals surface area contributed by atoms with Gasteiger partial charge in [0.2, 0.25) is 0 Å². The van der Waals surface area contributed by atoms with Gasteiger partial charge < -0.3 is 5.32 Å². The largest absolute Gasteiger partial charge is 0.317 e. The van der Waals surface area contributed by atoms with Crippen LogP contribution in [0.2, 0.25) is 0 Å². The van der Waals surface area contributed by atoms with Crippen LogP contribution in [0.4, 0.5) is 0 Å². The van der Waals surface area contributed by atoms with E-state index in [-0.39, 0.29) is 0 Å². The first-order chi connectivity index (χ1) is 6.40. The maximum atomic E-state index is 4.03. The monoisotopic (exact) mass is 198 g/mol. The van der Waals surface area contributed by atoms with E-state index in [1.54, 1.807) is 0 Å². The van der Waals surface area contributed by atoms with Gasteiger partial charge in [-0.15, -0.1) is 5.10 Å². The molecular weight excluding hydrogens is 184 g/mol. The molecule has 13 heavy (non-hydrogen) atoms. The summed E-state index contributed by atoms with van der Waals surface area (Å²) in [4.78, 5) is 0. The first-order valence-corrected chi connectivity index (χ1v) is 5.49. The summed E-state index contributed by atoms with van der Waals surface area (Å²) >= 11 is 1.45. The molecule has 1 fully saturated rings. The van der Waals surface area contributed by atoms with E-state index in [0.29, 0.717) is 12.0 Å². The van der Waals surface area contributed by atoms with Crippen LogP contribution in [0.3, 0.4) is 0 Å². The van der Waals surface area contributed by atoms with Crippen molar-refractivity contribution >= 4 is 11.5 Å². The number of hydrogen-bond acceptors (Lipinski definition) is 5. The number of rotatable bonds is 2. The standard InChI is InChI=1S/C8H14N4S/c1-9-7-4-2-6(3-5-7)8-10-11-12-13-8/h6-7,9H,2-5H2,1H3. The smallest absolute Gasteiger partial charge is 0.141 e. The molecule has 1 aliphatic rings. The summed E-state index contributed by atoms with van der Waals surface area (Å²) in [5, 5.41) is 12.1. The van der Waals surface area contributed by atoms with Crippen LogP contribution in [0, 0.1) is 0 Å². The highest BCUT2D eigenvalue weighted by atomic mass is 32.1. The molecule has 1 aliphatic carbocycles. The topological polar surface area (TPSA) is 50.7 Å². The average molecular weight is 198 g/mol. The van der Waals surface area contributed by atoms with E-state index >= 15 is 0 Å². The van der Waals surface area contributed by atoms with Crippen molar-refractivity contribution in [3.63, 3.8) is 0 Å². The van der Waals surface area contributed by atoms with Crippen LogP contribution in [0.1, 0.15) is 36.6 Å². The Hall–Kier alpha value is -0.550. The van der Waals surface area contributed by atoms with Gasteiger partial charge in [0.25, 0.3) is 0 Å². The van der Waals surface area contributed by atoms with E-state index in [9.17, 15) is 0 Å². The molecular formula is C8H14N4S. The van der Waals surface area contributed by atoms with Gasteiger partial charge in [-0.1, -0.05) is 4.49 Å². The lowest BCUT2D eigenvalue weighted by Crippen LogP contribution is -2.29. The predicted octanol–water partition coefficient (Wildman–Crippen LogP) is 1.18. The molecule has 4 nitrogen and oxygen atoms in total. The SMILES string of the molecule is CNC1CCC(c2nnns2)CC1. The molecule has 72 valence electrons. The minimum Gasteiger partial charge on any atom is -0.317 e. The third-order valence-electron chi connectivity index (χ3n) is 2.80. The van der Waals surface area contributed by atoms with Gasteiger partial charge in [-0.05, 0) is 37.9 Å². The Morgan fingerprint density at radius 2 is 2.08 bits per heavy atom. The Labute approximate surface area is 81.9 Å². The zero-order valence-corrected chi connectivity index (χ0v) is 8.55. The molecule has 0 unspecified atom stereocenters. The van der Waals surface area contributed by atoms with Crippen LogP contribution in [0.15, 0.2) is 0 Å². The molecule has 0 radical (unpaired) electrons. The van der Waals surface area contributed by atoms with E-state index in [1.807, 2.05) is 7.05 Å². The Morgan fingerprint density at radius 3 is 2.62 bits per heavy atom. The van der Waals surface area contributed by atoms with Crippen LogP contribution in [0.25, 0.3) is 0 Å². The van der Waals surface area contributed by atoms with Crippen LogP contribution in [0.5, 0.6) is 0 Å². The first kappa shape index (κ1) is 9.02. The van der Waals surface area contributed by atoms with E-state index < -0.39 is 0 Å². The molecule has 1 heterocycles. The lowest BCUT2D eigenvalue weighted by atomic mass is 9.86. The Bertz CT molecular complexity index is 241. The summed E-state index contributed by atoms with van der Waals surface area (Å²) in [6.45, 7) is 0. The van der Waals surface area contributed by atoms with Crippen LogP contribution < -0.4 is 5.32 Å². The van der Waals surface area contributed by atoms with Gasteiger partial charge in [0, 0.05) is 23.5 Å². The van der Waals surface area contributed by atoms with Gasteiger partial charge in [-0.2, -0.15) is 0 Å². The summed E-state index contributed by atoms with van der Waals surface area (Å²) in [5.41, 5.74) is 0. The number of aromatic nitrogens is 3. The van der Waals surface area contributed by atoms with E-state index in [0.717, 1.165) is 5.01 Å². The molecule has 5 heteroatoms.